The van der Waals surface area contributed by atoms with Gasteiger partial charge in [-0.25, -0.2) is 9.18 Å². The van der Waals surface area contributed by atoms with Crippen LogP contribution in [0.3, 0.4) is 0 Å². The molecule has 1 N–H and O–H groups in total. The van der Waals surface area contributed by atoms with E-state index in [0.717, 1.165) is 10.4 Å². The first kappa shape index (κ1) is 13.7. The zero-order chi connectivity index (χ0) is 13.7. The zero-order valence-corrected chi connectivity index (χ0v) is 11.2. The molecule has 1 heterocycles. The molecule has 0 aliphatic carbocycles. The fourth-order valence-electron chi connectivity index (χ4n) is 1.32. The summed E-state index contributed by atoms with van der Waals surface area (Å²) in [5.74, 6) is -0.954. The standard InChI is InChI=1S/C12H9FN2O2S2/c13-10-5-8(2-4-11(16)17)1-3-9(10)6-18-12-15-14-7-19-12/h1-5,7H,6H2,(H,16,17). The summed E-state index contributed by atoms with van der Waals surface area (Å²) in [5.41, 5.74) is 2.69. The third-order valence-corrected chi connectivity index (χ3v) is 4.10. The third-order valence-electron chi connectivity index (χ3n) is 2.19. The number of rotatable bonds is 5. The minimum absolute atomic E-state index is 0.357. The molecule has 0 bridgehead atoms. The smallest absolute Gasteiger partial charge is 0.328 e. The first-order valence-corrected chi connectivity index (χ1v) is 7.10. The number of hydrogen-bond acceptors (Lipinski definition) is 5. The van der Waals surface area contributed by atoms with E-state index >= 15 is 0 Å². The monoisotopic (exact) mass is 296 g/mol. The van der Waals surface area contributed by atoms with Crippen molar-refractivity contribution < 1.29 is 14.3 Å². The minimum Gasteiger partial charge on any atom is -0.478 e. The number of hydrogen-bond donors (Lipinski definition) is 1. The lowest BCUT2D eigenvalue weighted by atomic mass is 10.1. The van der Waals surface area contributed by atoms with E-state index in [9.17, 15) is 9.18 Å². The topological polar surface area (TPSA) is 63.1 Å². The zero-order valence-electron chi connectivity index (χ0n) is 9.62. The molecule has 0 saturated heterocycles. The molecular formula is C12H9FN2O2S2. The van der Waals surface area contributed by atoms with Gasteiger partial charge in [0.2, 0.25) is 0 Å². The van der Waals surface area contributed by atoms with Gasteiger partial charge in [-0.1, -0.05) is 35.2 Å². The fraction of sp³-hybridized carbons (Fsp3) is 0.0833. The number of carbonyl (C=O) groups is 1. The average molecular weight is 296 g/mol. The first-order valence-electron chi connectivity index (χ1n) is 5.23. The molecule has 19 heavy (non-hydrogen) atoms. The van der Waals surface area contributed by atoms with Crippen LogP contribution in [0.15, 0.2) is 34.1 Å². The van der Waals surface area contributed by atoms with Crippen molar-refractivity contribution in [1.29, 1.82) is 0 Å². The van der Waals surface area contributed by atoms with Crippen LogP contribution < -0.4 is 0 Å². The maximum Gasteiger partial charge on any atom is 0.328 e. The van der Waals surface area contributed by atoms with Crippen molar-refractivity contribution in [3.8, 4) is 0 Å². The molecule has 0 unspecified atom stereocenters. The first-order chi connectivity index (χ1) is 9.15. The number of nitrogens with zero attached hydrogens (tertiary/aromatic N) is 2. The van der Waals surface area contributed by atoms with Crippen molar-refractivity contribution in [1.82, 2.24) is 10.2 Å². The number of thioether (sulfide) groups is 1. The Morgan fingerprint density at radius 1 is 1.53 bits per heavy atom. The molecule has 7 heteroatoms. The normalized spacial score (nSPS) is 11.0. The Hall–Kier alpha value is -1.73. The van der Waals surface area contributed by atoms with E-state index in [1.54, 1.807) is 17.6 Å². The number of aliphatic carboxylic acids is 1. The van der Waals surface area contributed by atoms with Crippen LogP contribution in [0, 0.1) is 5.82 Å². The van der Waals surface area contributed by atoms with Gasteiger partial charge >= 0.3 is 5.97 Å². The Morgan fingerprint density at radius 2 is 2.37 bits per heavy atom. The number of halogens is 1. The van der Waals surface area contributed by atoms with Crippen molar-refractivity contribution in [2.75, 3.05) is 0 Å². The summed E-state index contributed by atoms with van der Waals surface area (Å²) in [6.45, 7) is 0. The maximum absolute atomic E-state index is 13.8. The highest BCUT2D eigenvalue weighted by Gasteiger charge is 2.05. The third kappa shape index (κ3) is 4.15. The summed E-state index contributed by atoms with van der Waals surface area (Å²) >= 11 is 2.82. The van der Waals surface area contributed by atoms with Gasteiger partial charge < -0.3 is 5.11 Å². The second kappa shape index (κ2) is 6.44. The van der Waals surface area contributed by atoms with Crippen LogP contribution in [0.4, 0.5) is 4.39 Å². The van der Waals surface area contributed by atoms with Crippen LogP contribution >= 0.6 is 23.1 Å². The molecule has 98 valence electrons. The highest BCUT2D eigenvalue weighted by molar-refractivity contribution is 8.00. The predicted octanol–water partition coefficient (Wildman–Crippen LogP) is 3.07. The van der Waals surface area contributed by atoms with E-state index in [2.05, 4.69) is 10.2 Å². The average Bonchev–Trinajstić information content (AvgIpc) is 2.88. The van der Waals surface area contributed by atoms with Crippen molar-refractivity contribution in [2.24, 2.45) is 0 Å². The summed E-state index contributed by atoms with van der Waals surface area (Å²) < 4.78 is 14.6. The van der Waals surface area contributed by atoms with Gasteiger partial charge in [0.05, 0.1) is 0 Å². The predicted molar refractivity (Wildman–Crippen MR) is 72.5 cm³/mol. The Balaban J connectivity index is 2.04. The molecule has 1 aromatic carbocycles. The highest BCUT2D eigenvalue weighted by atomic mass is 32.2. The Kier molecular flexibility index (Phi) is 4.64. The van der Waals surface area contributed by atoms with E-state index in [1.807, 2.05) is 0 Å². The van der Waals surface area contributed by atoms with Crippen LogP contribution in [0.25, 0.3) is 6.08 Å². The van der Waals surface area contributed by atoms with Gasteiger partial charge in [0.1, 0.15) is 11.3 Å². The Bertz CT molecular complexity index is 600. The number of aromatic nitrogens is 2. The summed E-state index contributed by atoms with van der Waals surface area (Å²) in [5, 5.41) is 16.1. The van der Waals surface area contributed by atoms with Crippen LogP contribution in [-0.2, 0) is 10.5 Å². The van der Waals surface area contributed by atoms with E-state index in [1.165, 1.54) is 35.2 Å². The van der Waals surface area contributed by atoms with Gasteiger partial charge in [-0.3, -0.25) is 0 Å². The molecule has 0 spiro atoms. The number of benzene rings is 1. The maximum atomic E-state index is 13.8. The van der Waals surface area contributed by atoms with Crippen LogP contribution in [0.1, 0.15) is 11.1 Å². The minimum atomic E-state index is -1.06. The van der Waals surface area contributed by atoms with Crippen LogP contribution in [0.5, 0.6) is 0 Å². The van der Waals surface area contributed by atoms with Crippen molar-refractivity contribution in [3.63, 3.8) is 0 Å². The summed E-state index contributed by atoms with van der Waals surface area (Å²) in [4.78, 5) is 10.4. The van der Waals surface area contributed by atoms with Crippen LogP contribution in [-0.4, -0.2) is 21.3 Å². The van der Waals surface area contributed by atoms with E-state index in [4.69, 9.17) is 5.11 Å². The van der Waals surface area contributed by atoms with E-state index in [0.29, 0.717) is 16.9 Å². The number of carboxylic acid groups (broad SMARTS) is 1. The van der Waals surface area contributed by atoms with Crippen molar-refractivity contribution >= 4 is 35.1 Å². The van der Waals surface area contributed by atoms with Gasteiger partial charge in [-0.15, -0.1) is 10.2 Å². The fourth-order valence-corrected chi connectivity index (χ4v) is 2.79. The van der Waals surface area contributed by atoms with Gasteiger partial charge in [0, 0.05) is 11.8 Å². The highest BCUT2D eigenvalue weighted by Crippen LogP contribution is 2.25. The molecule has 0 amide bonds. The lowest BCUT2D eigenvalue weighted by Crippen LogP contribution is -1.90. The molecule has 0 aliphatic rings. The molecule has 0 fully saturated rings. The quantitative estimate of drug-likeness (QED) is 0.678. The molecule has 2 rings (SSSR count). The lowest BCUT2D eigenvalue weighted by molar-refractivity contribution is -0.131. The Morgan fingerprint density at radius 3 is 3.00 bits per heavy atom. The molecule has 1 aromatic heterocycles. The van der Waals surface area contributed by atoms with Crippen molar-refractivity contribution in [2.45, 2.75) is 10.1 Å². The summed E-state index contributed by atoms with van der Waals surface area (Å²) in [7, 11) is 0. The lowest BCUT2D eigenvalue weighted by Gasteiger charge is -2.02. The number of carboxylic acids is 1. The van der Waals surface area contributed by atoms with Gasteiger partial charge in [0.15, 0.2) is 4.34 Å². The van der Waals surface area contributed by atoms with Crippen LogP contribution in [0.2, 0.25) is 0 Å². The molecule has 4 nitrogen and oxygen atoms in total. The van der Waals surface area contributed by atoms with Gasteiger partial charge in [-0.05, 0) is 23.3 Å². The molecule has 0 saturated carbocycles. The Labute approximate surface area is 117 Å². The molecular weight excluding hydrogens is 287 g/mol. The second-order valence-electron chi connectivity index (χ2n) is 3.52. The van der Waals surface area contributed by atoms with Gasteiger partial charge in [0.25, 0.3) is 0 Å². The molecule has 0 atom stereocenters. The molecule has 0 radical (unpaired) electrons. The summed E-state index contributed by atoms with van der Waals surface area (Å²) in [6, 6.07) is 4.64. The molecule has 0 aliphatic heterocycles. The second-order valence-corrected chi connectivity index (χ2v) is 5.57. The van der Waals surface area contributed by atoms with E-state index in [-0.39, 0.29) is 5.82 Å². The summed E-state index contributed by atoms with van der Waals surface area (Å²) in [6.07, 6.45) is 2.33. The van der Waals surface area contributed by atoms with E-state index < -0.39 is 5.97 Å². The largest absolute Gasteiger partial charge is 0.478 e. The SMILES string of the molecule is O=C(O)C=Cc1ccc(CSc2nncs2)c(F)c1. The van der Waals surface area contributed by atoms with Crippen molar-refractivity contribution in [3.05, 3.63) is 46.7 Å². The van der Waals surface area contributed by atoms with Gasteiger partial charge in [-0.2, -0.15) is 0 Å². The molecule has 2 aromatic rings.